The molecule has 1 aromatic carbocycles. The number of aromatic nitrogens is 2. The molecular weight excluding hydrogens is 346 g/mol. The van der Waals surface area contributed by atoms with Gasteiger partial charge in [0.2, 0.25) is 5.91 Å². The van der Waals surface area contributed by atoms with Crippen LogP contribution in [0.15, 0.2) is 29.1 Å². The van der Waals surface area contributed by atoms with E-state index in [4.69, 9.17) is 17.3 Å². The zero-order valence-electron chi connectivity index (χ0n) is 13.5. The van der Waals surface area contributed by atoms with Gasteiger partial charge in [0.15, 0.2) is 0 Å². The maximum absolute atomic E-state index is 13.1. The molecule has 0 aliphatic carbocycles. The first-order valence-electron chi connectivity index (χ1n) is 7.38. The number of hydrogen-bond acceptors (Lipinski definition) is 4. The molecular formula is C17H16ClN3O2S. The van der Waals surface area contributed by atoms with E-state index in [9.17, 15) is 9.59 Å². The first-order chi connectivity index (χ1) is 11.3. The summed E-state index contributed by atoms with van der Waals surface area (Å²) in [6.45, 7) is 5.44. The molecule has 0 aliphatic rings. The average molecular weight is 362 g/mol. The predicted molar refractivity (Wildman–Crippen MR) is 97.7 cm³/mol. The molecule has 3 rings (SSSR count). The smallest absolute Gasteiger partial charge is 0.263 e. The number of nitrogens with two attached hydrogens (primary N) is 1. The number of rotatable bonds is 3. The maximum atomic E-state index is 13.1. The zero-order chi connectivity index (χ0) is 17.6. The Kier molecular flexibility index (Phi) is 4.19. The molecule has 7 heteroatoms. The first kappa shape index (κ1) is 16.7. The molecule has 0 radical (unpaired) electrons. The van der Waals surface area contributed by atoms with E-state index in [2.05, 4.69) is 4.98 Å². The number of nitrogens with zero attached hydrogens (tertiary/aromatic N) is 2. The Balaban J connectivity index is 2.42. The van der Waals surface area contributed by atoms with E-state index in [1.54, 1.807) is 31.2 Å². The number of fused-ring (bicyclic) bond motifs is 1. The fourth-order valence-corrected chi connectivity index (χ4v) is 3.74. The Hall–Kier alpha value is -2.18. The van der Waals surface area contributed by atoms with E-state index in [0.717, 1.165) is 10.4 Å². The second kappa shape index (κ2) is 6.03. The normalized spacial score (nSPS) is 12.5. The second-order valence-corrected chi connectivity index (χ2v) is 7.30. The Labute approximate surface area is 147 Å². The van der Waals surface area contributed by atoms with Crippen LogP contribution in [0.25, 0.3) is 21.6 Å². The molecule has 2 N–H and O–H groups in total. The summed E-state index contributed by atoms with van der Waals surface area (Å²) in [4.78, 5) is 31.1. The van der Waals surface area contributed by atoms with Crippen LogP contribution in [0.4, 0.5) is 0 Å². The lowest BCUT2D eigenvalue weighted by molar-refractivity contribution is -0.120. The Bertz CT molecular complexity index is 1010. The summed E-state index contributed by atoms with van der Waals surface area (Å²) in [5, 5.41) is 1.13. The van der Waals surface area contributed by atoms with E-state index >= 15 is 0 Å². The van der Waals surface area contributed by atoms with Crippen molar-refractivity contribution >= 4 is 39.1 Å². The van der Waals surface area contributed by atoms with Gasteiger partial charge in [-0.2, -0.15) is 0 Å². The Morgan fingerprint density at radius 3 is 2.50 bits per heavy atom. The van der Waals surface area contributed by atoms with Gasteiger partial charge in [0, 0.05) is 15.5 Å². The van der Waals surface area contributed by atoms with Gasteiger partial charge in [0.25, 0.3) is 5.56 Å². The first-order valence-corrected chi connectivity index (χ1v) is 8.58. The van der Waals surface area contributed by atoms with Gasteiger partial charge in [-0.15, -0.1) is 11.3 Å². The summed E-state index contributed by atoms with van der Waals surface area (Å²) >= 11 is 7.41. The number of primary amides is 1. The highest BCUT2D eigenvalue weighted by Crippen LogP contribution is 2.30. The molecule has 2 aromatic heterocycles. The molecule has 1 amide bonds. The SMILES string of the molecule is Cc1sc2nc(-c3ccc(Cl)cc3)n(C(C)C(N)=O)c(=O)c2c1C. The largest absolute Gasteiger partial charge is 0.368 e. The number of aryl methyl sites for hydroxylation is 2. The fraction of sp³-hybridized carbons (Fsp3) is 0.235. The number of carbonyl (C=O) groups is 1. The number of benzene rings is 1. The number of hydrogen-bond donors (Lipinski definition) is 1. The summed E-state index contributed by atoms with van der Waals surface area (Å²) in [6.07, 6.45) is 0. The molecule has 0 saturated heterocycles. The van der Waals surface area contributed by atoms with Gasteiger partial charge in [0.05, 0.1) is 5.39 Å². The van der Waals surface area contributed by atoms with E-state index in [1.165, 1.54) is 15.9 Å². The van der Waals surface area contributed by atoms with E-state index < -0.39 is 11.9 Å². The molecule has 2 heterocycles. The summed E-state index contributed by atoms with van der Waals surface area (Å²) in [6, 6.07) is 6.18. The van der Waals surface area contributed by atoms with Gasteiger partial charge in [-0.1, -0.05) is 11.6 Å². The third-order valence-electron chi connectivity index (χ3n) is 4.14. The molecule has 24 heavy (non-hydrogen) atoms. The fourth-order valence-electron chi connectivity index (χ4n) is 2.60. The van der Waals surface area contributed by atoms with Gasteiger partial charge in [-0.25, -0.2) is 4.98 Å². The molecule has 0 saturated carbocycles. The highest BCUT2D eigenvalue weighted by molar-refractivity contribution is 7.18. The number of thiophene rings is 1. The zero-order valence-corrected chi connectivity index (χ0v) is 15.0. The van der Waals surface area contributed by atoms with E-state index in [1.807, 2.05) is 13.8 Å². The highest BCUT2D eigenvalue weighted by Gasteiger charge is 2.23. The third-order valence-corrected chi connectivity index (χ3v) is 5.49. The Morgan fingerprint density at radius 2 is 1.92 bits per heavy atom. The maximum Gasteiger partial charge on any atom is 0.263 e. The number of amides is 1. The van der Waals surface area contributed by atoms with Crippen molar-refractivity contribution in [2.24, 2.45) is 5.73 Å². The van der Waals surface area contributed by atoms with Crippen LogP contribution in [0.1, 0.15) is 23.4 Å². The van der Waals surface area contributed by atoms with Crippen LogP contribution in [0.3, 0.4) is 0 Å². The topological polar surface area (TPSA) is 78.0 Å². The van der Waals surface area contributed by atoms with Gasteiger partial charge in [-0.3, -0.25) is 14.2 Å². The lowest BCUT2D eigenvalue weighted by atomic mass is 10.1. The van der Waals surface area contributed by atoms with E-state index in [-0.39, 0.29) is 5.56 Å². The minimum Gasteiger partial charge on any atom is -0.368 e. The highest BCUT2D eigenvalue weighted by atomic mass is 35.5. The van der Waals surface area contributed by atoms with Crippen LogP contribution in [0, 0.1) is 13.8 Å². The van der Waals surface area contributed by atoms with Crippen molar-refractivity contribution in [2.75, 3.05) is 0 Å². The Morgan fingerprint density at radius 1 is 1.29 bits per heavy atom. The third kappa shape index (κ3) is 2.61. The number of carbonyl (C=O) groups excluding carboxylic acids is 1. The average Bonchev–Trinajstić information content (AvgIpc) is 2.82. The lowest BCUT2D eigenvalue weighted by Gasteiger charge is -2.17. The van der Waals surface area contributed by atoms with Crippen LogP contribution in [0.2, 0.25) is 5.02 Å². The molecule has 1 atom stereocenters. The van der Waals surface area contributed by atoms with Gasteiger partial charge in [0.1, 0.15) is 16.7 Å². The molecule has 3 aromatic rings. The molecule has 0 fully saturated rings. The molecule has 124 valence electrons. The van der Waals surface area contributed by atoms with Crippen molar-refractivity contribution in [3.8, 4) is 11.4 Å². The van der Waals surface area contributed by atoms with Crippen molar-refractivity contribution in [2.45, 2.75) is 26.8 Å². The summed E-state index contributed by atoms with van der Waals surface area (Å²) in [5.74, 6) is -0.171. The summed E-state index contributed by atoms with van der Waals surface area (Å²) in [7, 11) is 0. The van der Waals surface area contributed by atoms with Crippen LogP contribution in [-0.4, -0.2) is 15.5 Å². The van der Waals surface area contributed by atoms with Gasteiger partial charge >= 0.3 is 0 Å². The van der Waals surface area contributed by atoms with Crippen LogP contribution >= 0.6 is 22.9 Å². The van der Waals surface area contributed by atoms with Crippen molar-refractivity contribution in [1.29, 1.82) is 0 Å². The van der Waals surface area contributed by atoms with Crippen LogP contribution in [-0.2, 0) is 4.79 Å². The number of halogens is 1. The quantitative estimate of drug-likeness (QED) is 0.776. The van der Waals surface area contributed by atoms with E-state index in [0.29, 0.717) is 26.6 Å². The van der Waals surface area contributed by atoms with Crippen molar-refractivity contribution < 1.29 is 4.79 Å². The van der Waals surface area contributed by atoms with Crippen molar-refractivity contribution in [3.05, 3.63) is 50.1 Å². The molecule has 0 bridgehead atoms. The van der Waals surface area contributed by atoms with Crippen molar-refractivity contribution in [3.63, 3.8) is 0 Å². The van der Waals surface area contributed by atoms with Gasteiger partial charge in [-0.05, 0) is 50.6 Å². The van der Waals surface area contributed by atoms with Gasteiger partial charge < -0.3 is 5.73 Å². The minimum absolute atomic E-state index is 0.252. The minimum atomic E-state index is -0.806. The van der Waals surface area contributed by atoms with Crippen molar-refractivity contribution in [1.82, 2.24) is 9.55 Å². The standard InChI is InChI=1S/C17H16ClN3O2S/c1-8-10(3)24-16-13(8)17(23)21(9(2)14(19)22)15(20-16)11-4-6-12(18)7-5-11/h4-7,9H,1-3H3,(H2,19,22). The lowest BCUT2D eigenvalue weighted by Crippen LogP contribution is -2.33. The summed E-state index contributed by atoms with van der Waals surface area (Å²) in [5.41, 5.74) is 6.79. The van der Waals surface area contributed by atoms with Crippen LogP contribution in [0.5, 0.6) is 0 Å². The molecule has 0 spiro atoms. The summed E-state index contributed by atoms with van der Waals surface area (Å²) < 4.78 is 1.37. The second-order valence-electron chi connectivity index (χ2n) is 5.66. The van der Waals surface area contributed by atoms with Crippen LogP contribution < -0.4 is 11.3 Å². The molecule has 1 unspecified atom stereocenters. The monoisotopic (exact) mass is 361 g/mol. The predicted octanol–water partition coefficient (Wildman–Crippen LogP) is 3.44. The molecule has 0 aliphatic heterocycles. The molecule has 5 nitrogen and oxygen atoms in total.